The first-order valence-electron chi connectivity index (χ1n) is 12.6. The van der Waals surface area contributed by atoms with E-state index in [0.29, 0.717) is 10.8 Å². The highest BCUT2D eigenvalue weighted by atomic mass is 35.5. The Kier molecular flexibility index (Phi) is 8.64. The van der Waals surface area contributed by atoms with Crippen LogP contribution in [0.2, 0.25) is 5.02 Å². The molecule has 0 saturated carbocycles. The number of hydrogen-bond donors (Lipinski definition) is 0. The van der Waals surface area contributed by atoms with E-state index in [1.807, 2.05) is 81.4 Å². The maximum absolute atomic E-state index is 13.7. The van der Waals surface area contributed by atoms with Gasteiger partial charge in [-0.15, -0.1) is 0 Å². The average molecular weight is 566 g/mol. The van der Waals surface area contributed by atoms with E-state index in [1.54, 1.807) is 19.2 Å². The van der Waals surface area contributed by atoms with Gasteiger partial charge in [0.05, 0.1) is 25.5 Å². The van der Waals surface area contributed by atoms with Crippen LogP contribution in [0.25, 0.3) is 21.9 Å². The molecule has 0 radical (unpaired) electrons. The normalized spacial score (nSPS) is 11.8. The lowest BCUT2D eigenvalue weighted by molar-refractivity contribution is -0.139. The topological polar surface area (TPSA) is 72.9 Å². The number of rotatable bonds is 9. The molecule has 0 bridgehead atoms. The molecule has 0 N–H and O–H groups in total. The van der Waals surface area contributed by atoms with Gasteiger partial charge in [0, 0.05) is 17.6 Å². The second kappa shape index (κ2) is 11.8. The molecule has 0 aromatic heterocycles. The van der Waals surface area contributed by atoms with Crippen LogP contribution in [0.15, 0.2) is 77.7 Å². The average Bonchev–Trinajstić information content (AvgIpc) is 2.92. The van der Waals surface area contributed by atoms with E-state index in [2.05, 4.69) is 0 Å². The fourth-order valence-electron chi connectivity index (χ4n) is 4.70. The molecular weight excluding hydrogens is 534 g/mol. The molecule has 204 valence electrons. The third-order valence-corrected chi connectivity index (χ3v) is 9.13. The summed E-state index contributed by atoms with van der Waals surface area (Å²) >= 11 is 6.34. The SMILES string of the molecule is COC(=O)Cc1cc2ccc(Cl)cc2c(-c2ccc(S(=O)(=O)N(Cc3ccc(OC)cc3)C(C)C)cc2)c1C. The van der Waals surface area contributed by atoms with E-state index >= 15 is 0 Å². The van der Waals surface area contributed by atoms with Crippen LogP contribution in [0.4, 0.5) is 0 Å². The molecule has 8 heteroatoms. The summed E-state index contributed by atoms with van der Waals surface area (Å²) in [6, 6.07) is 21.6. The van der Waals surface area contributed by atoms with Crippen molar-refractivity contribution < 1.29 is 22.7 Å². The third-order valence-electron chi connectivity index (χ3n) is 6.86. The predicted octanol–water partition coefficient (Wildman–Crippen LogP) is 6.79. The van der Waals surface area contributed by atoms with Gasteiger partial charge in [0.15, 0.2) is 0 Å². The summed E-state index contributed by atoms with van der Waals surface area (Å²) in [7, 11) is -0.816. The van der Waals surface area contributed by atoms with Crippen molar-refractivity contribution in [3.63, 3.8) is 0 Å². The third kappa shape index (κ3) is 6.11. The Hall–Kier alpha value is -3.39. The highest BCUT2D eigenvalue weighted by Gasteiger charge is 2.27. The van der Waals surface area contributed by atoms with Crippen molar-refractivity contribution in [2.45, 2.75) is 44.7 Å². The van der Waals surface area contributed by atoms with Gasteiger partial charge in [0.25, 0.3) is 0 Å². The van der Waals surface area contributed by atoms with E-state index in [1.165, 1.54) is 11.4 Å². The minimum absolute atomic E-state index is 0.134. The van der Waals surface area contributed by atoms with Gasteiger partial charge < -0.3 is 9.47 Å². The van der Waals surface area contributed by atoms with E-state index in [0.717, 1.165) is 38.6 Å². The number of sulfonamides is 1. The van der Waals surface area contributed by atoms with Crippen molar-refractivity contribution >= 4 is 38.4 Å². The van der Waals surface area contributed by atoms with Gasteiger partial charge >= 0.3 is 5.97 Å². The molecule has 0 aliphatic carbocycles. The summed E-state index contributed by atoms with van der Waals surface area (Å²) in [6.45, 7) is 5.92. The first-order chi connectivity index (χ1) is 18.5. The monoisotopic (exact) mass is 565 g/mol. The molecule has 0 unspecified atom stereocenters. The lowest BCUT2D eigenvalue weighted by Crippen LogP contribution is -2.36. The van der Waals surface area contributed by atoms with Crippen LogP contribution < -0.4 is 4.74 Å². The first-order valence-corrected chi connectivity index (χ1v) is 14.4. The van der Waals surface area contributed by atoms with Gasteiger partial charge in [-0.05, 0) is 95.8 Å². The Morgan fingerprint density at radius 2 is 1.62 bits per heavy atom. The largest absolute Gasteiger partial charge is 0.497 e. The number of fused-ring (bicyclic) bond motifs is 1. The number of esters is 1. The minimum atomic E-state index is -3.78. The Balaban J connectivity index is 1.74. The molecule has 4 rings (SSSR count). The van der Waals surface area contributed by atoms with Crippen LogP contribution in [-0.4, -0.2) is 39.0 Å². The summed E-state index contributed by atoms with van der Waals surface area (Å²) in [4.78, 5) is 12.3. The summed E-state index contributed by atoms with van der Waals surface area (Å²) in [5, 5.41) is 2.45. The molecule has 4 aromatic rings. The van der Waals surface area contributed by atoms with E-state index in [9.17, 15) is 13.2 Å². The molecule has 0 atom stereocenters. The molecule has 0 heterocycles. The molecule has 0 spiro atoms. The fourth-order valence-corrected chi connectivity index (χ4v) is 6.49. The molecule has 0 aliphatic rings. The number of carbonyl (C=O) groups is 1. The van der Waals surface area contributed by atoms with Crippen molar-refractivity contribution in [1.29, 1.82) is 0 Å². The molecule has 39 heavy (non-hydrogen) atoms. The quantitative estimate of drug-likeness (QED) is 0.209. The number of methoxy groups -OCH3 is 2. The summed E-state index contributed by atoms with van der Waals surface area (Å²) in [6.07, 6.45) is 0.134. The van der Waals surface area contributed by atoms with Crippen molar-refractivity contribution in [1.82, 2.24) is 4.31 Å². The second-order valence-corrected chi connectivity index (χ2v) is 12.0. The number of ether oxygens (including phenoxy) is 2. The van der Waals surface area contributed by atoms with Crippen molar-refractivity contribution in [3.05, 3.63) is 94.5 Å². The maximum Gasteiger partial charge on any atom is 0.309 e. The fraction of sp³-hybridized carbons (Fsp3) is 0.258. The highest BCUT2D eigenvalue weighted by Crippen LogP contribution is 2.37. The minimum Gasteiger partial charge on any atom is -0.497 e. The molecule has 4 aromatic carbocycles. The zero-order valence-electron chi connectivity index (χ0n) is 22.7. The number of benzene rings is 4. The number of nitrogens with zero attached hydrogens (tertiary/aromatic N) is 1. The highest BCUT2D eigenvalue weighted by molar-refractivity contribution is 7.89. The van der Waals surface area contributed by atoms with Gasteiger partial charge in [0.2, 0.25) is 10.0 Å². The van der Waals surface area contributed by atoms with Crippen LogP contribution in [0.5, 0.6) is 5.75 Å². The van der Waals surface area contributed by atoms with Gasteiger partial charge in [-0.3, -0.25) is 4.79 Å². The van der Waals surface area contributed by atoms with Crippen molar-refractivity contribution in [2.75, 3.05) is 14.2 Å². The first kappa shape index (κ1) is 28.6. The Bertz CT molecular complexity index is 1600. The van der Waals surface area contributed by atoms with E-state index in [-0.39, 0.29) is 29.9 Å². The zero-order chi connectivity index (χ0) is 28.3. The Morgan fingerprint density at radius 3 is 2.21 bits per heavy atom. The van der Waals surface area contributed by atoms with E-state index < -0.39 is 10.0 Å². The molecule has 6 nitrogen and oxygen atoms in total. The lowest BCUT2D eigenvalue weighted by atomic mass is 9.89. The predicted molar refractivity (Wildman–Crippen MR) is 156 cm³/mol. The van der Waals surface area contributed by atoms with Gasteiger partial charge in [0.1, 0.15) is 5.75 Å². The molecule has 0 amide bonds. The Labute approximate surface area is 235 Å². The molecular formula is C31H32ClNO5S. The van der Waals surface area contributed by atoms with Gasteiger partial charge in [-0.2, -0.15) is 4.31 Å². The molecule has 0 saturated heterocycles. The number of halogens is 1. The lowest BCUT2D eigenvalue weighted by Gasteiger charge is -2.26. The van der Waals surface area contributed by atoms with Crippen LogP contribution in [0.3, 0.4) is 0 Å². The summed E-state index contributed by atoms with van der Waals surface area (Å²) < 4.78 is 39.0. The number of hydrogen-bond acceptors (Lipinski definition) is 5. The number of carbonyl (C=O) groups excluding carboxylic acids is 1. The second-order valence-electron chi connectivity index (χ2n) is 9.67. The van der Waals surface area contributed by atoms with Gasteiger partial charge in [-0.25, -0.2) is 8.42 Å². The standard InChI is InChI=1S/C31H32ClNO5S/c1-20(2)33(19-22-6-12-27(37-4)13-7-22)39(35,36)28-14-9-23(10-15-28)31-21(3)25(17-30(34)38-5)16-24-8-11-26(32)18-29(24)31/h6-16,18,20H,17,19H2,1-5H3. The Morgan fingerprint density at radius 1 is 0.949 bits per heavy atom. The van der Waals surface area contributed by atoms with Crippen LogP contribution in [-0.2, 0) is 32.5 Å². The van der Waals surface area contributed by atoms with Crippen molar-refractivity contribution in [3.8, 4) is 16.9 Å². The zero-order valence-corrected chi connectivity index (χ0v) is 24.3. The van der Waals surface area contributed by atoms with Crippen LogP contribution in [0.1, 0.15) is 30.5 Å². The molecule has 0 aliphatic heterocycles. The molecule has 0 fully saturated rings. The van der Waals surface area contributed by atoms with Crippen LogP contribution >= 0.6 is 11.6 Å². The smallest absolute Gasteiger partial charge is 0.309 e. The van der Waals surface area contributed by atoms with Gasteiger partial charge in [-0.1, -0.05) is 48.0 Å². The summed E-state index contributed by atoms with van der Waals surface area (Å²) in [5.74, 6) is 0.387. The summed E-state index contributed by atoms with van der Waals surface area (Å²) in [5.41, 5.74) is 4.35. The van der Waals surface area contributed by atoms with Crippen molar-refractivity contribution in [2.24, 2.45) is 0 Å². The van der Waals surface area contributed by atoms with Crippen LogP contribution in [0, 0.1) is 6.92 Å². The van der Waals surface area contributed by atoms with E-state index in [4.69, 9.17) is 21.1 Å². The maximum atomic E-state index is 13.7.